The molecule has 2 N–H and O–H groups in total. The second kappa shape index (κ2) is 7.68. The van der Waals surface area contributed by atoms with Gasteiger partial charge in [0.1, 0.15) is 5.75 Å². The number of benzene rings is 1. The molecule has 0 unspecified atom stereocenters. The highest BCUT2D eigenvalue weighted by molar-refractivity contribution is 5.97. The van der Waals surface area contributed by atoms with Crippen molar-refractivity contribution < 1.29 is 14.4 Å². The van der Waals surface area contributed by atoms with Crippen LogP contribution in [0, 0.1) is 5.92 Å². The predicted octanol–water partition coefficient (Wildman–Crippen LogP) is 1.59. The summed E-state index contributed by atoms with van der Waals surface area (Å²) in [5.74, 6) is 1.63. The van der Waals surface area contributed by atoms with Crippen molar-refractivity contribution in [1.29, 1.82) is 0 Å². The molecule has 6 nitrogen and oxygen atoms in total. The molecule has 0 saturated carbocycles. The number of amidine groups is 1. The smallest absolute Gasteiger partial charge is 0.263 e. The topological polar surface area (TPSA) is 77.1 Å². The van der Waals surface area contributed by atoms with Crippen molar-refractivity contribution in [3.8, 4) is 5.75 Å². The maximum absolute atomic E-state index is 12.0. The van der Waals surface area contributed by atoms with Crippen LogP contribution in [0.15, 0.2) is 29.4 Å². The summed E-state index contributed by atoms with van der Waals surface area (Å²) < 4.78 is 5.07. The van der Waals surface area contributed by atoms with E-state index in [9.17, 15) is 4.79 Å². The lowest BCUT2D eigenvalue weighted by Gasteiger charge is -2.29. The van der Waals surface area contributed by atoms with Crippen LogP contribution in [-0.4, -0.2) is 43.4 Å². The van der Waals surface area contributed by atoms with Crippen molar-refractivity contribution in [2.75, 3.05) is 26.8 Å². The minimum atomic E-state index is -0.0781. The summed E-state index contributed by atoms with van der Waals surface area (Å²) >= 11 is 0. The zero-order chi connectivity index (χ0) is 15.9. The van der Waals surface area contributed by atoms with Gasteiger partial charge in [0.05, 0.1) is 7.11 Å². The minimum Gasteiger partial charge on any atom is -0.497 e. The molecule has 0 spiro atoms. The number of nitrogens with zero attached hydrogens (tertiary/aromatic N) is 2. The summed E-state index contributed by atoms with van der Waals surface area (Å²) in [6, 6.07) is 7.15. The number of amides is 1. The van der Waals surface area contributed by atoms with Crippen LogP contribution >= 0.6 is 0 Å². The third-order valence-corrected chi connectivity index (χ3v) is 3.87. The Morgan fingerprint density at radius 2 is 1.95 bits per heavy atom. The molecule has 1 fully saturated rings. The van der Waals surface area contributed by atoms with E-state index >= 15 is 0 Å². The lowest BCUT2D eigenvalue weighted by Crippen LogP contribution is -2.39. The highest BCUT2D eigenvalue weighted by Gasteiger charge is 2.20. The van der Waals surface area contributed by atoms with Gasteiger partial charge in [0.25, 0.3) is 5.91 Å². The number of carbonyl (C=O) groups is 1. The van der Waals surface area contributed by atoms with Crippen LogP contribution in [0.5, 0.6) is 5.75 Å². The Morgan fingerprint density at radius 3 is 2.55 bits per heavy atom. The molecule has 1 aliphatic heterocycles. The molecule has 1 saturated heterocycles. The van der Waals surface area contributed by atoms with Crippen LogP contribution in [0.25, 0.3) is 0 Å². The van der Waals surface area contributed by atoms with E-state index in [1.165, 1.54) is 0 Å². The van der Waals surface area contributed by atoms with Gasteiger partial charge in [0, 0.05) is 18.7 Å². The fraction of sp³-hybridized carbons (Fsp3) is 0.500. The Balaban J connectivity index is 1.81. The minimum absolute atomic E-state index is 0.0434. The lowest BCUT2D eigenvalue weighted by molar-refractivity contribution is -0.137. The quantitative estimate of drug-likeness (QED) is 0.509. The van der Waals surface area contributed by atoms with Crippen LogP contribution in [-0.2, 0) is 9.63 Å². The lowest BCUT2D eigenvalue weighted by atomic mass is 9.99. The Hall–Kier alpha value is -2.24. The summed E-state index contributed by atoms with van der Waals surface area (Å²) in [4.78, 5) is 18.9. The molecule has 6 heteroatoms. The van der Waals surface area contributed by atoms with Crippen molar-refractivity contribution in [3.05, 3.63) is 29.8 Å². The van der Waals surface area contributed by atoms with Gasteiger partial charge in [-0.15, -0.1) is 0 Å². The summed E-state index contributed by atoms with van der Waals surface area (Å²) in [7, 11) is 1.60. The molecule has 2 rings (SSSR count). The fourth-order valence-corrected chi connectivity index (χ4v) is 2.32. The first-order chi connectivity index (χ1) is 10.6. The van der Waals surface area contributed by atoms with Crippen molar-refractivity contribution in [1.82, 2.24) is 4.90 Å². The zero-order valence-electron chi connectivity index (χ0n) is 13.1. The van der Waals surface area contributed by atoms with Gasteiger partial charge in [-0.1, -0.05) is 12.1 Å². The number of rotatable bonds is 5. The van der Waals surface area contributed by atoms with E-state index in [-0.39, 0.29) is 18.3 Å². The van der Waals surface area contributed by atoms with Crippen molar-refractivity contribution in [2.45, 2.75) is 19.8 Å². The Morgan fingerprint density at radius 1 is 1.32 bits per heavy atom. The third-order valence-electron chi connectivity index (χ3n) is 3.87. The van der Waals surface area contributed by atoms with Gasteiger partial charge in [-0.2, -0.15) is 0 Å². The fourth-order valence-electron chi connectivity index (χ4n) is 2.32. The van der Waals surface area contributed by atoms with E-state index in [0.29, 0.717) is 5.92 Å². The second-order valence-electron chi connectivity index (χ2n) is 5.54. The first-order valence-corrected chi connectivity index (χ1v) is 7.47. The molecule has 0 bridgehead atoms. The molecule has 1 aliphatic rings. The monoisotopic (exact) mass is 305 g/mol. The van der Waals surface area contributed by atoms with Gasteiger partial charge < -0.3 is 20.2 Å². The average Bonchev–Trinajstić information content (AvgIpc) is 2.55. The molecule has 0 radical (unpaired) electrons. The van der Waals surface area contributed by atoms with Gasteiger partial charge in [-0.3, -0.25) is 4.79 Å². The largest absolute Gasteiger partial charge is 0.497 e. The van der Waals surface area contributed by atoms with Gasteiger partial charge in [0.2, 0.25) is 0 Å². The van der Waals surface area contributed by atoms with E-state index in [2.05, 4.69) is 12.1 Å². The molecule has 0 atom stereocenters. The standard InChI is InChI=1S/C16H23N3O3/c1-12-7-9-19(10-8-12)15(20)11-22-18-16(17)13-3-5-14(21-2)6-4-13/h3-6,12H,7-11H2,1-2H3,(H2,17,18). The van der Waals surface area contributed by atoms with Gasteiger partial charge in [-0.05, 0) is 43.0 Å². The summed E-state index contributed by atoms with van der Waals surface area (Å²) in [5.41, 5.74) is 6.55. The maximum Gasteiger partial charge on any atom is 0.263 e. The van der Waals surface area contributed by atoms with Crippen molar-refractivity contribution in [2.24, 2.45) is 16.8 Å². The van der Waals surface area contributed by atoms with Crippen LogP contribution in [0.1, 0.15) is 25.3 Å². The molecule has 1 heterocycles. The van der Waals surface area contributed by atoms with Crippen molar-refractivity contribution >= 4 is 11.7 Å². The number of hydrogen-bond acceptors (Lipinski definition) is 4. The SMILES string of the molecule is COc1ccc(/C(N)=N/OCC(=O)N2CCC(C)CC2)cc1. The van der Waals surface area contributed by atoms with E-state index in [1.807, 2.05) is 4.90 Å². The number of hydrogen-bond donors (Lipinski definition) is 1. The first-order valence-electron chi connectivity index (χ1n) is 7.47. The molecule has 1 aromatic carbocycles. The molecule has 120 valence electrons. The third kappa shape index (κ3) is 4.38. The number of oxime groups is 1. The maximum atomic E-state index is 12.0. The zero-order valence-corrected chi connectivity index (χ0v) is 13.1. The number of likely N-dealkylation sites (tertiary alicyclic amines) is 1. The molecule has 1 aromatic rings. The van der Waals surface area contributed by atoms with Gasteiger partial charge in [0.15, 0.2) is 12.4 Å². The van der Waals surface area contributed by atoms with Gasteiger partial charge >= 0.3 is 0 Å². The van der Waals surface area contributed by atoms with E-state index in [4.69, 9.17) is 15.3 Å². The number of methoxy groups -OCH3 is 1. The number of carbonyl (C=O) groups excluding carboxylic acids is 1. The predicted molar refractivity (Wildman–Crippen MR) is 84.6 cm³/mol. The molecular weight excluding hydrogens is 282 g/mol. The summed E-state index contributed by atoms with van der Waals surface area (Å²) in [6.45, 7) is 3.71. The highest BCUT2D eigenvalue weighted by atomic mass is 16.6. The number of nitrogens with two attached hydrogens (primary N) is 1. The van der Waals surface area contributed by atoms with Crippen molar-refractivity contribution in [3.63, 3.8) is 0 Å². The van der Waals surface area contributed by atoms with E-state index in [1.54, 1.807) is 31.4 Å². The molecule has 22 heavy (non-hydrogen) atoms. The highest BCUT2D eigenvalue weighted by Crippen LogP contribution is 2.16. The van der Waals surface area contributed by atoms with Crippen LogP contribution in [0.4, 0.5) is 0 Å². The van der Waals surface area contributed by atoms with Crippen LogP contribution in [0.2, 0.25) is 0 Å². The van der Waals surface area contributed by atoms with Gasteiger partial charge in [-0.25, -0.2) is 0 Å². The van der Waals surface area contributed by atoms with E-state index in [0.717, 1.165) is 37.2 Å². The summed E-state index contributed by atoms with van der Waals surface area (Å²) in [5, 5.41) is 3.81. The second-order valence-corrected chi connectivity index (χ2v) is 5.54. The van der Waals surface area contributed by atoms with Crippen LogP contribution in [0.3, 0.4) is 0 Å². The molecule has 1 amide bonds. The first kappa shape index (κ1) is 16.1. The number of piperidine rings is 1. The molecule has 0 aliphatic carbocycles. The molecular formula is C16H23N3O3. The Labute approximate surface area is 130 Å². The van der Waals surface area contributed by atoms with E-state index < -0.39 is 0 Å². The molecule has 0 aromatic heterocycles. The number of ether oxygens (including phenoxy) is 1. The summed E-state index contributed by atoms with van der Waals surface area (Å²) in [6.07, 6.45) is 2.09. The Kier molecular flexibility index (Phi) is 5.63. The Bertz CT molecular complexity index is 520. The normalized spacial score (nSPS) is 16.5. The van der Waals surface area contributed by atoms with Crippen LogP contribution < -0.4 is 10.5 Å². The average molecular weight is 305 g/mol.